The number of rotatable bonds is 9. The fraction of sp³-hybridized carbons (Fsp3) is 0.333. The molecule has 0 aromatic heterocycles. The number of nitrogens with zero attached hydrogens (tertiary/aromatic N) is 1. The van der Waals surface area contributed by atoms with Gasteiger partial charge >= 0.3 is 0 Å². The van der Waals surface area contributed by atoms with Crippen LogP contribution in [0.25, 0.3) is 22.3 Å². The molecule has 6 rings (SSSR count). The van der Waals surface area contributed by atoms with Crippen LogP contribution in [0.3, 0.4) is 0 Å². The zero-order valence-corrected chi connectivity index (χ0v) is 27.5. The molecule has 4 aromatic rings. The molecular formula is C39H40Cl2FNO2. The van der Waals surface area contributed by atoms with Gasteiger partial charge in [0.25, 0.3) is 0 Å². The van der Waals surface area contributed by atoms with E-state index in [1.807, 2.05) is 44.2 Å². The number of ether oxygens (including phenoxy) is 1. The summed E-state index contributed by atoms with van der Waals surface area (Å²) in [4.78, 5) is 2.28. The summed E-state index contributed by atoms with van der Waals surface area (Å²) in [7, 11) is 0. The molecule has 1 atom stereocenters. The molecule has 0 amide bonds. The Bertz CT molecular complexity index is 1690. The van der Waals surface area contributed by atoms with Crippen molar-refractivity contribution in [2.75, 3.05) is 26.3 Å². The van der Waals surface area contributed by atoms with Crippen LogP contribution in [0.1, 0.15) is 67.3 Å². The number of fused-ring (bicyclic) bond motifs is 1. The second kappa shape index (κ2) is 13.7. The highest BCUT2D eigenvalue weighted by Gasteiger charge is 2.25. The summed E-state index contributed by atoms with van der Waals surface area (Å²) in [6.07, 6.45) is 4.45. The topological polar surface area (TPSA) is 32.7 Å². The van der Waals surface area contributed by atoms with E-state index in [2.05, 4.69) is 59.5 Å². The minimum Gasteiger partial charge on any atom is -0.489 e. The molecule has 1 aliphatic carbocycles. The fourth-order valence-electron chi connectivity index (χ4n) is 6.65. The first-order valence-electron chi connectivity index (χ1n) is 15.9. The van der Waals surface area contributed by atoms with Gasteiger partial charge < -0.3 is 9.84 Å². The number of alkyl halides is 1. The van der Waals surface area contributed by atoms with Crippen LogP contribution in [0.2, 0.25) is 10.0 Å². The molecule has 1 fully saturated rings. The third-order valence-corrected chi connectivity index (χ3v) is 9.54. The average Bonchev–Trinajstić information content (AvgIpc) is 3.38. The SMILES string of the molecule is CC(C)(O)c1cccc(-c2ccc3c(c2)CCCC(c2ccc(Cl)cc2Cl)=C3c2ccc(O[C@H]3CCN(CCCF)C3)cc2)c1. The van der Waals surface area contributed by atoms with E-state index < -0.39 is 5.60 Å². The van der Waals surface area contributed by atoms with Crippen LogP contribution in [0.5, 0.6) is 5.75 Å². The molecule has 2 aliphatic rings. The molecule has 4 aromatic carbocycles. The van der Waals surface area contributed by atoms with Crippen molar-refractivity contribution in [3.63, 3.8) is 0 Å². The highest BCUT2D eigenvalue weighted by atomic mass is 35.5. The standard InChI is InChI=1S/C39H40Cl2FNO2/c1-39(2,44)30-8-3-6-27(23-30)28-12-16-34-29(22-28)7-4-9-36(35-17-13-31(40)24-37(35)41)38(34)26-10-14-32(15-11-26)45-33-18-21-43(25-33)20-5-19-42/h3,6,8,10-17,22-24,33,44H,4-5,7,9,18-21,25H2,1-2H3/t33-/m0/s1. The first-order chi connectivity index (χ1) is 21.7. The summed E-state index contributed by atoms with van der Waals surface area (Å²) in [6, 6.07) is 29.1. The minimum absolute atomic E-state index is 0.116. The maximum atomic E-state index is 12.6. The van der Waals surface area contributed by atoms with Crippen molar-refractivity contribution < 1.29 is 14.2 Å². The minimum atomic E-state index is -0.910. The number of benzene rings is 4. The predicted octanol–water partition coefficient (Wildman–Crippen LogP) is 10.00. The van der Waals surface area contributed by atoms with E-state index in [4.69, 9.17) is 27.9 Å². The summed E-state index contributed by atoms with van der Waals surface area (Å²) >= 11 is 13.1. The van der Waals surface area contributed by atoms with E-state index in [0.29, 0.717) is 16.5 Å². The highest BCUT2D eigenvalue weighted by molar-refractivity contribution is 6.36. The summed E-state index contributed by atoms with van der Waals surface area (Å²) < 4.78 is 19.0. The smallest absolute Gasteiger partial charge is 0.119 e. The Morgan fingerprint density at radius 3 is 2.40 bits per heavy atom. The van der Waals surface area contributed by atoms with E-state index in [9.17, 15) is 9.50 Å². The molecule has 0 bridgehead atoms. The van der Waals surface area contributed by atoms with E-state index >= 15 is 0 Å². The van der Waals surface area contributed by atoms with Gasteiger partial charge in [-0.15, -0.1) is 0 Å². The van der Waals surface area contributed by atoms with Gasteiger partial charge in [-0.25, -0.2) is 0 Å². The lowest BCUT2D eigenvalue weighted by Gasteiger charge is -2.20. The Morgan fingerprint density at radius 2 is 1.64 bits per heavy atom. The fourth-order valence-corrected chi connectivity index (χ4v) is 7.17. The number of likely N-dealkylation sites (tertiary alicyclic amines) is 1. The number of aryl methyl sites for hydroxylation is 1. The largest absolute Gasteiger partial charge is 0.489 e. The van der Waals surface area contributed by atoms with Gasteiger partial charge in [0.05, 0.1) is 12.3 Å². The van der Waals surface area contributed by atoms with Gasteiger partial charge in [0.2, 0.25) is 0 Å². The van der Waals surface area contributed by atoms with Crippen molar-refractivity contribution in [1.82, 2.24) is 4.90 Å². The number of hydrogen-bond donors (Lipinski definition) is 1. The maximum Gasteiger partial charge on any atom is 0.119 e. The Kier molecular flexibility index (Phi) is 9.68. The van der Waals surface area contributed by atoms with Crippen LogP contribution < -0.4 is 4.74 Å². The van der Waals surface area contributed by atoms with Crippen LogP contribution in [0.15, 0.2) is 84.9 Å². The molecule has 234 valence electrons. The van der Waals surface area contributed by atoms with Crippen LogP contribution in [-0.4, -0.2) is 42.4 Å². The first kappa shape index (κ1) is 31.8. The number of aliphatic hydroxyl groups is 1. The van der Waals surface area contributed by atoms with E-state index in [1.54, 1.807) is 0 Å². The molecule has 1 N–H and O–H groups in total. The second-order valence-electron chi connectivity index (χ2n) is 12.7. The average molecular weight is 645 g/mol. The van der Waals surface area contributed by atoms with Crippen molar-refractivity contribution in [2.45, 2.75) is 57.7 Å². The molecule has 45 heavy (non-hydrogen) atoms. The molecule has 1 aliphatic heterocycles. The Balaban J connectivity index is 1.38. The third-order valence-electron chi connectivity index (χ3n) is 8.99. The van der Waals surface area contributed by atoms with Gasteiger partial charge in [-0.3, -0.25) is 9.29 Å². The maximum absolute atomic E-state index is 12.6. The number of hydrogen-bond acceptors (Lipinski definition) is 3. The lowest BCUT2D eigenvalue weighted by Crippen LogP contribution is -2.26. The Morgan fingerprint density at radius 1 is 0.889 bits per heavy atom. The number of halogens is 3. The van der Waals surface area contributed by atoms with E-state index in [0.717, 1.165) is 78.9 Å². The molecule has 0 radical (unpaired) electrons. The zero-order chi connectivity index (χ0) is 31.6. The Labute approximate surface area is 276 Å². The van der Waals surface area contributed by atoms with E-state index in [-0.39, 0.29) is 12.8 Å². The third kappa shape index (κ3) is 7.31. The number of allylic oxidation sites excluding steroid dienone is 1. The van der Waals surface area contributed by atoms with E-state index in [1.165, 1.54) is 22.3 Å². The van der Waals surface area contributed by atoms with Crippen molar-refractivity contribution >= 4 is 34.3 Å². The van der Waals surface area contributed by atoms with Gasteiger partial charge in [-0.1, -0.05) is 77.8 Å². The molecule has 0 saturated carbocycles. The monoisotopic (exact) mass is 643 g/mol. The van der Waals surface area contributed by atoms with Gasteiger partial charge in [0.15, 0.2) is 0 Å². The van der Waals surface area contributed by atoms with Crippen LogP contribution in [0.4, 0.5) is 4.39 Å². The van der Waals surface area contributed by atoms with Crippen molar-refractivity contribution in [1.29, 1.82) is 0 Å². The van der Waals surface area contributed by atoms with Gasteiger partial charge in [0.1, 0.15) is 11.9 Å². The van der Waals surface area contributed by atoms with Crippen molar-refractivity contribution in [3.05, 3.63) is 123 Å². The zero-order valence-electron chi connectivity index (χ0n) is 26.0. The quantitative estimate of drug-likeness (QED) is 0.197. The predicted molar refractivity (Wildman–Crippen MR) is 185 cm³/mol. The van der Waals surface area contributed by atoms with Crippen LogP contribution in [-0.2, 0) is 12.0 Å². The molecule has 1 heterocycles. The summed E-state index contributed by atoms with van der Waals surface area (Å²) in [6.45, 7) is 5.92. The highest BCUT2D eigenvalue weighted by Crippen LogP contribution is 2.43. The van der Waals surface area contributed by atoms with Gasteiger partial charge in [-0.05, 0) is 126 Å². The van der Waals surface area contributed by atoms with Crippen molar-refractivity contribution in [3.8, 4) is 16.9 Å². The lowest BCUT2D eigenvalue weighted by molar-refractivity contribution is 0.0786. The first-order valence-corrected chi connectivity index (χ1v) is 16.7. The summed E-state index contributed by atoms with van der Waals surface area (Å²) in [5.74, 6) is 0.846. The normalized spacial score (nSPS) is 17.3. The lowest BCUT2D eigenvalue weighted by atomic mass is 9.86. The van der Waals surface area contributed by atoms with Crippen molar-refractivity contribution in [2.24, 2.45) is 0 Å². The van der Waals surface area contributed by atoms with Gasteiger partial charge in [0, 0.05) is 29.7 Å². The summed E-state index contributed by atoms with van der Waals surface area (Å²) in [5.41, 5.74) is 9.19. The molecule has 6 heteroatoms. The molecule has 3 nitrogen and oxygen atoms in total. The molecule has 0 unspecified atom stereocenters. The van der Waals surface area contributed by atoms with Crippen LogP contribution >= 0.6 is 23.2 Å². The molecular weight excluding hydrogens is 604 g/mol. The van der Waals surface area contributed by atoms with Crippen LogP contribution in [0, 0.1) is 0 Å². The summed E-state index contributed by atoms with van der Waals surface area (Å²) in [5, 5.41) is 11.9. The van der Waals surface area contributed by atoms with Gasteiger partial charge in [-0.2, -0.15) is 0 Å². The molecule has 1 saturated heterocycles. The Hall–Kier alpha value is -3.15. The second-order valence-corrected chi connectivity index (χ2v) is 13.6. The molecule has 0 spiro atoms.